The second-order valence-electron chi connectivity index (χ2n) is 5.04. The first-order valence-electron chi connectivity index (χ1n) is 7.02. The molecule has 1 atom stereocenters. The van der Waals surface area contributed by atoms with Crippen molar-refractivity contribution in [2.75, 3.05) is 7.11 Å². The van der Waals surface area contributed by atoms with Gasteiger partial charge in [-0.3, -0.25) is 4.79 Å². The Balaban J connectivity index is 2.12. The SMILES string of the molecule is COc1ccc(CC(N)C(=O)O)cc1COc1ccc(Cl)cc1. The van der Waals surface area contributed by atoms with E-state index in [1.807, 2.05) is 6.07 Å². The number of ether oxygens (including phenoxy) is 2. The molecule has 3 N–H and O–H groups in total. The zero-order chi connectivity index (χ0) is 16.8. The molecule has 5 nitrogen and oxygen atoms in total. The Hall–Kier alpha value is -2.24. The number of carboxylic acids is 1. The number of nitrogens with two attached hydrogens (primary N) is 1. The second-order valence-corrected chi connectivity index (χ2v) is 5.47. The highest BCUT2D eigenvalue weighted by atomic mass is 35.5. The Bertz CT molecular complexity index is 673. The Morgan fingerprint density at radius 3 is 2.57 bits per heavy atom. The van der Waals surface area contributed by atoms with Crippen LogP contribution in [0.3, 0.4) is 0 Å². The lowest BCUT2D eigenvalue weighted by Crippen LogP contribution is -2.32. The maximum Gasteiger partial charge on any atom is 0.320 e. The summed E-state index contributed by atoms with van der Waals surface area (Å²) in [5, 5.41) is 9.54. The highest BCUT2D eigenvalue weighted by molar-refractivity contribution is 6.30. The zero-order valence-corrected chi connectivity index (χ0v) is 13.4. The highest BCUT2D eigenvalue weighted by Crippen LogP contribution is 2.23. The third kappa shape index (κ3) is 4.87. The minimum absolute atomic E-state index is 0.243. The molecule has 2 aromatic rings. The summed E-state index contributed by atoms with van der Waals surface area (Å²) in [6.45, 7) is 0.293. The van der Waals surface area contributed by atoms with Crippen LogP contribution in [0.4, 0.5) is 0 Å². The fourth-order valence-corrected chi connectivity index (χ4v) is 2.23. The number of hydrogen-bond donors (Lipinski definition) is 2. The topological polar surface area (TPSA) is 81.8 Å². The molecular formula is C17H18ClNO4. The quantitative estimate of drug-likeness (QED) is 0.813. The van der Waals surface area contributed by atoms with Crippen molar-refractivity contribution in [3.8, 4) is 11.5 Å². The van der Waals surface area contributed by atoms with Crippen LogP contribution in [0, 0.1) is 0 Å². The molecule has 23 heavy (non-hydrogen) atoms. The largest absolute Gasteiger partial charge is 0.496 e. The Morgan fingerprint density at radius 1 is 1.26 bits per heavy atom. The molecule has 0 saturated heterocycles. The highest BCUT2D eigenvalue weighted by Gasteiger charge is 2.14. The molecule has 0 radical (unpaired) electrons. The molecule has 0 amide bonds. The van der Waals surface area contributed by atoms with Crippen molar-refractivity contribution in [1.29, 1.82) is 0 Å². The molecule has 6 heteroatoms. The van der Waals surface area contributed by atoms with Crippen LogP contribution in [0.2, 0.25) is 5.02 Å². The summed E-state index contributed by atoms with van der Waals surface area (Å²) in [5.74, 6) is 0.329. The molecule has 2 aromatic carbocycles. The van der Waals surface area contributed by atoms with Gasteiger partial charge in [-0.2, -0.15) is 0 Å². The Kier molecular flexibility index (Phi) is 5.84. The molecule has 0 heterocycles. The zero-order valence-electron chi connectivity index (χ0n) is 12.7. The third-order valence-electron chi connectivity index (χ3n) is 3.33. The van der Waals surface area contributed by atoms with E-state index in [0.29, 0.717) is 23.1 Å². The number of rotatable bonds is 7. The molecule has 0 aliphatic carbocycles. The van der Waals surface area contributed by atoms with Gasteiger partial charge >= 0.3 is 5.97 Å². The van der Waals surface area contributed by atoms with Crippen LogP contribution in [0.15, 0.2) is 42.5 Å². The van der Waals surface area contributed by atoms with Crippen LogP contribution in [0.5, 0.6) is 11.5 Å². The monoisotopic (exact) mass is 335 g/mol. The maximum atomic E-state index is 10.9. The van der Waals surface area contributed by atoms with Gasteiger partial charge in [0.2, 0.25) is 0 Å². The summed E-state index contributed by atoms with van der Waals surface area (Å²) in [7, 11) is 1.57. The lowest BCUT2D eigenvalue weighted by atomic mass is 10.0. The van der Waals surface area contributed by atoms with Crippen LogP contribution in [-0.2, 0) is 17.8 Å². The first-order valence-corrected chi connectivity index (χ1v) is 7.40. The van der Waals surface area contributed by atoms with E-state index in [9.17, 15) is 4.79 Å². The molecule has 0 saturated carbocycles. The lowest BCUT2D eigenvalue weighted by Gasteiger charge is -2.13. The number of hydrogen-bond acceptors (Lipinski definition) is 4. The van der Waals surface area contributed by atoms with Crippen LogP contribution in [0.25, 0.3) is 0 Å². The van der Waals surface area contributed by atoms with Crippen molar-refractivity contribution in [1.82, 2.24) is 0 Å². The van der Waals surface area contributed by atoms with E-state index in [0.717, 1.165) is 11.1 Å². The smallest absolute Gasteiger partial charge is 0.320 e. The predicted molar refractivity (Wildman–Crippen MR) is 88.1 cm³/mol. The molecule has 0 bridgehead atoms. The van der Waals surface area contributed by atoms with Gasteiger partial charge in [-0.05, 0) is 48.4 Å². The average molecular weight is 336 g/mol. The fraction of sp³-hybridized carbons (Fsp3) is 0.235. The minimum atomic E-state index is -1.03. The van der Waals surface area contributed by atoms with Gasteiger partial charge in [-0.1, -0.05) is 17.7 Å². The molecule has 0 aromatic heterocycles. The molecule has 0 fully saturated rings. The maximum absolute atomic E-state index is 10.9. The summed E-state index contributed by atoms with van der Waals surface area (Å²) < 4.78 is 11.0. The van der Waals surface area contributed by atoms with E-state index >= 15 is 0 Å². The lowest BCUT2D eigenvalue weighted by molar-refractivity contribution is -0.138. The molecule has 0 spiro atoms. The standard InChI is InChI=1S/C17H18ClNO4/c1-22-16-7-2-11(9-15(19)17(20)21)8-12(16)10-23-14-5-3-13(18)4-6-14/h2-8,15H,9-10,19H2,1H3,(H,20,21). The van der Waals surface area contributed by atoms with Crippen molar-refractivity contribution >= 4 is 17.6 Å². The van der Waals surface area contributed by atoms with E-state index < -0.39 is 12.0 Å². The van der Waals surface area contributed by atoms with E-state index in [-0.39, 0.29) is 6.42 Å². The van der Waals surface area contributed by atoms with Gasteiger partial charge in [-0.15, -0.1) is 0 Å². The Labute approximate surface area is 139 Å². The van der Waals surface area contributed by atoms with E-state index in [4.69, 9.17) is 31.9 Å². The second kappa shape index (κ2) is 7.85. The molecule has 0 aliphatic rings. The van der Waals surface area contributed by atoms with Gasteiger partial charge in [0, 0.05) is 10.6 Å². The van der Waals surface area contributed by atoms with Crippen LogP contribution in [0.1, 0.15) is 11.1 Å². The number of carboxylic acid groups (broad SMARTS) is 1. The van der Waals surface area contributed by atoms with Gasteiger partial charge in [0.25, 0.3) is 0 Å². The summed E-state index contributed by atoms with van der Waals surface area (Å²) >= 11 is 5.84. The molecular weight excluding hydrogens is 318 g/mol. The molecule has 122 valence electrons. The van der Waals surface area contributed by atoms with Crippen molar-refractivity contribution < 1.29 is 19.4 Å². The van der Waals surface area contributed by atoms with Crippen molar-refractivity contribution in [3.63, 3.8) is 0 Å². The first kappa shape index (κ1) is 17.1. The number of halogens is 1. The van der Waals surface area contributed by atoms with E-state index in [1.165, 1.54) is 0 Å². The number of benzene rings is 2. The number of aliphatic carboxylic acids is 1. The van der Waals surface area contributed by atoms with Crippen LogP contribution >= 0.6 is 11.6 Å². The van der Waals surface area contributed by atoms with Crippen molar-refractivity contribution in [3.05, 3.63) is 58.6 Å². The van der Waals surface area contributed by atoms with Crippen molar-refractivity contribution in [2.24, 2.45) is 5.73 Å². The van der Waals surface area contributed by atoms with E-state index in [2.05, 4.69) is 0 Å². The Morgan fingerprint density at radius 2 is 1.96 bits per heavy atom. The minimum Gasteiger partial charge on any atom is -0.496 e. The first-order chi connectivity index (χ1) is 11.0. The summed E-state index contributed by atoms with van der Waals surface area (Å²) in [6, 6.07) is 11.5. The van der Waals surface area contributed by atoms with E-state index in [1.54, 1.807) is 43.5 Å². The fourth-order valence-electron chi connectivity index (χ4n) is 2.10. The molecule has 2 rings (SSSR count). The van der Waals surface area contributed by atoms with Gasteiger partial charge in [0.15, 0.2) is 0 Å². The molecule has 1 unspecified atom stereocenters. The average Bonchev–Trinajstić information content (AvgIpc) is 2.54. The number of carbonyl (C=O) groups is 1. The molecule has 0 aliphatic heterocycles. The normalized spacial score (nSPS) is 11.8. The van der Waals surface area contributed by atoms with Crippen molar-refractivity contribution in [2.45, 2.75) is 19.1 Å². The van der Waals surface area contributed by atoms with Gasteiger partial charge < -0.3 is 20.3 Å². The van der Waals surface area contributed by atoms with Gasteiger partial charge in [0.1, 0.15) is 24.1 Å². The number of methoxy groups -OCH3 is 1. The summed E-state index contributed by atoms with van der Waals surface area (Å²) in [6.07, 6.45) is 0.243. The van der Waals surface area contributed by atoms with Crippen LogP contribution < -0.4 is 15.2 Å². The van der Waals surface area contributed by atoms with Gasteiger partial charge in [-0.25, -0.2) is 0 Å². The third-order valence-corrected chi connectivity index (χ3v) is 3.58. The summed E-state index contributed by atoms with van der Waals surface area (Å²) in [5.41, 5.74) is 7.21. The van der Waals surface area contributed by atoms with Crippen LogP contribution in [-0.4, -0.2) is 24.2 Å². The predicted octanol–water partition coefficient (Wildman–Crippen LogP) is 2.88. The summed E-state index contributed by atoms with van der Waals surface area (Å²) in [4.78, 5) is 10.9. The van der Waals surface area contributed by atoms with Gasteiger partial charge in [0.05, 0.1) is 7.11 Å².